The number of fused-ring (bicyclic) bond motifs is 11. The van der Waals surface area contributed by atoms with Gasteiger partial charge in [-0.25, -0.2) is 0 Å². The van der Waals surface area contributed by atoms with Crippen LogP contribution in [0.15, 0.2) is 170 Å². The van der Waals surface area contributed by atoms with Crippen molar-refractivity contribution in [3.63, 3.8) is 0 Å². The van der Waals surface area contributed by atoms with Gasteiger partial charge in [0.15, 0.2) is 0 Å². The van der Waals surface area contributed by atoms with Crippen molar-refractivity contribution in [1.82, 2.24) is 4.57 Å². The molecule has 0 aliphatic heterocycles. The van der Waals surface area contributed by atoms with Crippen LogP contribution in [0.2, 0.25) is 0 Å². The number of aromatic nitrogens is 1. The summed E-state index contributed by atoms with van der Waals surface area (Å²) in [4.78, 5) is 2.43. The van der Waals surface area contributed by atoms with Crippen molar-refractivity contribution in [3.05, 3.63) is 192 Å². The number of benzene rings is 8. The largest absolute Gasteiger partial charge is 0.310 e. The molecule has 54 heavy (non-hydrogen) atoms. The van der Waals surface area contributed by atoms with E-state index in [4.69, 9.17) is 0 Å². The minimum atomic E-state index is -0.194. The van der Waals surface area contributed by atoms with Crippen molar-refractivity contribution < 1.29 is 0 Å². The molecule has 0 radical (unpaired) electrons. The zero-order valence-corrected chi connectivity index (χ0v) is 31.1. The summed E-state index contributed by atoms with van der Waals surface area (Å²) >= 11 is 0. The predicted octanol–water partition coefficient (Wildman–Crippen LogP) is 14.0. The highest BCUT2D eigenvalue weighted by Crippen LogP contribution is 2.60. The number of hydrogen-bond acceptors (Lipinski definition) is 1. The standard InChI is InChI=1S/C52H40N2/c1-51(2)45-30-34-16-12-11-15-33(34)29-43(45)42-27-26-41-39-25-23-38(32-46(39)52(3,4)49(41)50(42)51)53(35-17-7-5-8-18-35)37-24-28-48-44(31-37)40-21-13-14-22-47(40)54(48)36-19-9-6-10-20-36/h5-32H,1-4H3. The molecule has 1 heterocycles. The average Bonchev–Trinajstić information content (AvgIpc) is 3.74. The predicted molar refractivity (Wildman–Crippen MR) is 228 cm³/mol. The van der Waals surface area contributed by atoms with Crippen LogP contribution in [0.5, 0.6) is 0 Å². The maximum atomic E-state index is 2.47. The zero-order chi connectivity index (χ0) is 36.3. The molecule has 2 aliphatic rings. The first kappa shape index (κ1) is 31.2. The second-order valence-corrected chi connectivity index (χ2v) is 16.2. The number of para-hydroxylation sites is 3. The molecule has 2 nitrogen and oxygen atoms in total. The third-order valence-electron chi connectivity index (χ3n) is 12.5. The molecule has 0 saturated carbocycles. The Kier molecular flexibility index (Phi) is 6.39. The van der Waals surface area contributed by atoms with Crippen molar-refractivity contribution >= 4 is 49.6 Å². The lowest BCUT2D eigenvalue weighted by Crippen LogP contribution is -2.24. The van der Waals surface area contributed by atoms with E-state index in [0.717, 1.165) is 17.1 Å². The van der Waals surface area contributed by atoms with Gasteiger partial charge >= 0.3 is 0 Å². The fourth-order valence-corrected chi connectivity index (χ4v) is 10.0. The van der Waals surface area contributed by atoms with Gasteiger partial charge in [0.1, 0.15) is 0 Å². The first-order valence-electron chi connectivity index (χ1n) is 19.1. The lowest BCUT2D eigenvalue weighted by molar-refractivity contribution is 0.601. The molecular formula is C52H40N2. The topological polar surface area (TPSA) is 8.17 Å². The maximum Gasteiger partial charge on any atom is 0.0542 e. The molecular weight excluding hydrogens is 653 g/mol. The van der Waals surface area contributed by atoms with E-state index in [-0.39, 0.29) is 10.8 Å². The van der Waals surface area contributed by atoms with E-state index in [2.05, 4.69) is 207 Å². The summed E-state index contributed by atoms with van der Waals surface area (Å²) in [5.74, 6) is 0. The van der Waals surface area contributed by atoms with Gasteiger partial charge < -0.3 is 9.47 Å². The van der Waals surface area contributed by atoms with Gasteiger partial charge in [0.05, 0.1) is 11.0 Å². The van der Waals surface area contributed by atoms with Gasteiger partial charge in [0.2, 0.25) is 0 Å². The molecule has 0 saturated heterocycles. The minimum Gasteiger partial charge on any atom is -0.310 e. The van der Waals surface area contributed by atoms with E-state index in [9.17, 15) is 0 Å². The van der Waals surface area contributed by atoms with Gasteiger partial charge in [-0.1, -0.05) is 125 Å². The number of rotatable bonds is 4. The molecule has 0 atom stereocenters. The van der Waals surface area contributed by atoms with Gasteiger partial charge in [-0.15, -0.1) is 0 Å². The summed E-state index contributed by atoms with van der Waals surface area (Å²) in [5.41, 5.74) is 17.9. The van der Waals surface area contributed by atoms with Gasteiger partial charge in [0.25, 0.3) is 0 Å². The van der Waals surface area contributed by atoms with Crippen LogP contribution in [0.25, 0.3) is 60.5 Å². The number of hydrogen-bond donors (Lipinski definition) is 0. The van der Waals surface area contributed by atoms with Crippen LogP contribution < -0.4 is 4.90 Å². The summed E-state index contributed by atoms with van der Waals surface area (Å²) in [6.07, 6.45) is 0. The number of anilines is 3. The monoisotopic (exact) mass is 692 g/mol. The molecule has 0 unspecified atom stereocenters. The fraction of sp³-hybridized carbons (Fsp3) is 0.115. The Morgan fingerprint density at radius 2 is 0.926 bits per heavy atom. The molecule has 11 rings (SSSR count). The molecule has 0 N–H and O–H groups in total. The molecule has 9 aromatic rings. The Balaban J connectivity index is 1.08. The molecule has 0 bridgehead atoms. The normalized spacial score (nSPS) is 14.6. The molecule has 8 aromatic carbocycles. The van der Waals surface area contributed by atoms with Crippen molar-refractivity contribution in [3.8, 4) is 27.9 Å². The minimum absolute atomic E-state index is 0.118. The van der Waals surface area contributed by atoms with Gasteiger partial charge in [-0.05, 0) is 128 Å². The molecule has 258 valence electrons. The lowest BCUT2D eigenvalue weighted by Gasteiger charge is -2.31. The van der Waals surface area contributed by atoms with E-state index in [0.29, 0.717) is 0 Å². The fourth-order valence-electron chi connectivity index (χ4n) is 10.0. The number of nitrogens with zero attached hydrogens (tertiary/aromatic N) is 2. The summed E-state index contributed by atoms with van der Waals surface area (Å²) < 4.78 is 2.39. The third-order valence-corrected chi connectivity index (χ3v) is 12.5. The van der Waals surface area contributed by atoms with Crippen molar-refractivity contribution in [2.24, 2.45) is 0 Å². The molecule has 0 spiro atoms. The molecule has 0 fully saturated rings. The second kappa shape index (κ2) is 11.1. The first-order chi connectivity index (χ1) is 26.3. The van der Waals surface area contributed by atoms with E-state index < -0.39 is 0 Å². The van der Waals surface area contributed by atoms with E-state index in [1.165, 1.54) is 82.8 Å². The van der Waals surface area contributed by atoms with Crippen LogP contribution in [0.3, 0.4) is 0 Å². The van der Waals surface area contributed by atoms with Crippen LogP contribution in [-0.2, 0) is 10.8 Å². The summed E-state index contributed by atoms with van der Waals surface area (Å²) in [7, 11) is 0. The van der Waals surface area contributed by atoms with Crippen LogP contribution in [0, 0.1) is 0 Å². The summed E-state index contributed by atoms with van der Waals surface area (Å²) in [6.45, 7) is 9.74. The Bertz CT molecular complexity index is 2980. The Labute approximate surface area is 316 Å². The van der Waals surface area contributed by atoms with Crippen LogP contribution in [0.4, 0.5) is 17.1 Å². The summed E-state index contributed by atoms with van der Waals surface area (Å²) in [6, 6.07) is 62.9. The average molecular weight is 693 g/mol. The summed E-state index contributed by atoms with van der Waals surface area (Å²) in [5, 5.41) is 5.11. The van der Waals surface area contributed by atoms with Crippen molar-refractivity contribution in [1.29, 1.82) is 0 Å². The zero-order valence-electron chi connectivity index (χ0n) is 31.1. The van der Waals surface area contributed by atoms with Crippen molar-refractivity contribution in [2.45, 2.75) is 38.5 Å². The van der Waals surface area contributed by atoms with Gasteiger partial charge in [-0.3, -0.25) is 0 Å². The van der Waals surface area contributed by atoms with E-state index in [1.807, 2.05) is 0 Å². The van der Waals surface area contributed by atoms with Crippen molar-refractivity contribution in [2.75, 3.05) is 4.90 Å². The smallest absolute Gasteiger partial charge is 0.0542 e. The molecule has 1 aromatic heterocycles. The van der Waals surface area contributed by atoms with Gasteiger partial charge in [-0.2, -0.15) is 0 Å². The quantitative estimate of drug-likeness (QED) is 0.178. The van der Waals surface area contributed by atoms with Crippen LogP contribution in [-0.4, -0.2) is 4.57 Å². The Hall–Kier alpha value is -6.38. The molecule has 2 aliphatic carbocycles. The highest BCUT2D eigenvalue weighted by molar-refractivity contribution is 6.11. The second-order valence-electron chi connectivity index (χ2n) is 16.2. The third kappa shape index (κ3) is 4.23. The Morgan fingerprint density at radius 3 is 1.67 bits per heavy atom. The first-order valence-corrected chi connectivity index (χ1v) is 19.1. The van der Waals surface area contributed by atoms with E-state index >= 15 is 0 Å². The maximum absolute atomic E-state index is 2.47. The highest BCUT2D eigenvalue weighted by atomic mass is 15.1. The van der Waals surface area contributed by atoms with Crippen LogP contribution in [0.1, 0.15) is 49.9 Å². The Morgan fingerprint density at radius 1 is 0.389 bits per heavy atom. The molecule has 2 heteroatoms. The highest BCUT2D eigenvalue weighted by Gasteiger charge is 2.46. The lowest BCUT2D eigenvalue weighted by atomic mass is 9.72. The SMILES string of the molecule is CC1(C)c2cc(N(c3ccccc3)c3ccc4c(c3)c3ccccc3n4-c3ccccc3)ccc2-c2ccc3c(c21)C(C)(C)c1cc2ccccc2cc1-3. The molecule has 0 amide bonds. The van der Waals surface area contributed by atoms with E-state index in [1.54, 1.807) is 0 Å². The van der Waals surface area contributed by atoms with Crippen LogP contribution >= 0.6 is 0 Å². The van der Waals surface area contributed by atoms with Gasteiger partial charge in [0, 0.05) is 44.4 Å².